The minimum atomic E-state index is -0.993. The lowest BCUT2D eigenvalue weighted by Crippen LogP contribution is -2.48. The van der Waals surface area contributed by atoms with Gasteiger partial charge in [-0.3, -0.25) is 14.4 Å². The number of halogens is 2. The Morgan fingerprint density at radius 3 is 2.67 bits per heavy atom. The first-order valence-corrected chi connectivity index (χ1v) is 7.04. The molecule has 0 aliphatic carbocycles. The molecule has 1 aromatic rings. The van der Waals surface area contributed by atoms with Gasteiger partial charge in [0.1, 0.15) is 5.92 Å². The molecule has 5 nitrogen and oxygen atoms in total. The Labute approximate surface area is 131 Å². The van der Waals surface area contributed by atoms with E-state index >= 15 is 0 Å². The Hall–Kier alpha value is -1.59. The topological polar surface area (TPSA) is 63.7 Å². The number of carbonyl (C=O) groups excluding carboxylic acids is 3. The van der Waals surface area contributed by atoms with Crippen LogP contribution >= 0.6 is 23.2 Å². The maximum Gasteiger partial charge on any atom is 0.316 e. The Morgan fingerprint density at radius 2 is 2.05 bits per heavy atom. The molecule has 1 heterocycles. The molecule has 2 rings (SSSR count). The fraction of sp³-hybridized carbons (Fsp3) is 0.357. The molecule has 112 valence electrons. The van der Waals surface area contributed by atoms with Crippen molar-refractivity contribution in [3.63, 3.8) is 0 Å². The quantitative estimate of drug-likeness (QED) is 0.484. The molecule has 0 aromatic heterocycles. The molecule has 0 radical (unpaired) electrons. The lowest BCUT2D eigenvalue weighted by molar-refractivity contribution is -0.159. The van der Waals surface area contributed by atoms with Gasteiger partial charge in [0.15, 0.2) is 0 Å². The molecule has 1 aliphatic heterocycles. The van der Waals surface area contributed by atoms with Crippen LogP contribution in [0.4, 0.5) is 0 Å². The van der Waals surface area contributed by atoms with Crippen molar-refractivity contribution in [3.05, 3.63) is 33.8 Å². The van der Waals surface area contributed by atoms with Crippen LogP contribution in [0.15, 0.2) is 18.2 Å². The lowest BCUT2D eigenvalue weighted by atomic mass is 9.94. The molecule has 1 saturated heterocycles. The number of amides is 1. The van der Waals surface area contributed by atoms with Gasteiger partial charge in [-0.25, -0.2) is 0 Å². The van der Waals surface area contributed by atoms with E-state index in [1.807, 2.05) is 0 Å². The van der Waals surface area contributed by atoms with E-state index < -0.39 is 23.6 Å². The number of rotatable bonds is 3. The Balaban J connectivity index is 2.09. The highest BCUT2D eigenvalue weighted by Crippen LogP contribution is 2.24. The number of hydrogen-bond donors (Lipinski definition) is 0. The van der Waals surface area contributed by atoms with E-state index in [-0.39, 0.29) is 13.0 Å². The number of hydrogen-bond acceptors (Lipinski definition) is 4. The zero-order valence-corrected chi connectivity index (χ0v) is 12.8. The maximum atomic E-state index is 12.0. The fourth-order valence-electron chi connectivity index (χ4n) is 2.20. The van der Waals surface area contributed by atoms with E-state index in [1.54, 1.807) is 18.2 Å². The number of benzene rings is 1. The molecule has 1 fully saturated rings. The smallest absolute Gasteiger partial charge is 0.316 e. The second kappa shape index (κ2) is 6.45. The highest BCUT2D eigenvalue weighted by Gasteiger charge is 2.39. The molecular formula is C14H13Cl2NO4. The van der Waals surface area contributed by atoms with Crippen LogP contribution in [0, 0.1) is 5.92 Å². The molecule has 1 unspecified atom stereocenters. The van der Waals surface area contributed by atoms with Crippen molar-refractivity contribution in [1.82, 2.24) is 4.90 Å². The van der Waals surface area contributed by atoms with Crippen LogP contribution in [0.3, 0.4) is 0 Å². The normalized spacial score (nSPS) is 18.8. The summed E-state index contributed by atoms with van der Waals surface area (Å²) in [6.45, 7) is 0.555. The second-order valence-electron chi connectivity index (χ2n) is 4.70. The van der Waals surface area contributed by atoms with Crippen LogP contribution in [0.5, 0.6) is 0 Å². The molecule has 1 aliphatic rings. The van der Waals surface area contributed by atoms with E-state index in [4.69, 9.17) is 23.2 Å². The molecule has 7 heteroatoms. The Bertz CT molecular complexity index is 603. The highest BCUT2D eigenvalue weighted by molar-refractivity contribution is 6.42. The van der Waals surface area contributed by atoms with Gasteiger partial charge in [0.05, 0.1) is 17.2 Å². The van der Waals surface area contributed by atoms with E-state index in [9.17, 15) is 14.4 Å². The van der Waals surface area contributed by atoms with Crippen LogP contribution in [0.1, 0.15) is 12.0 Å². The summed E-state index contributed by atoms with van der Waals surface area (Å²) in [7, 11) is 1.20. The molecule has 21 heavy (non-hydrogen) atoms. The summed E-state index contributed by atoms with van der Waals surface area (Å²) < 4.78 is 4.53. The summed E-state index contributed by atoms with van der Waals surface area (Å²) in [6, 6.07) is 5.01. The summed E-state index contributed by atoms with van der Waals surface area (Å²) >= 11 is 11.7. The average Bonchev–Trinajstić information content (AvgIpc) is 2.47. The monoisotopic (exact) mass is 329 g/mol. The zero-order chi connectivity index (χ0) is 15.6. The van der Waals surface area contributed by atoms with Crippen molar-refractivity contribution in [2.45, 2.75) is 13.0 Å². The van der Waals surface area contributed by atoms with Gasteiger partial charge in [-0.15, -0.1) is 0 Å². The number of piperidine rings is 1. The van der Waals surface area contributed by atoms with Gasteiger partial charge >= 0.3 is 5.97 Å². The first kappa shape index (κ1) is 15.8. The predicted molar refractivity (Wildman–Crippen MR) is 77.0 cm³/mol. The number of esters is 1. The van der Waals surface area contributed by atoms with E-state index in [1.165, 1.54) is 12.0 Å². The standard InChI is InChI=1S/C14H13Cl2NO4/c1-21-14(20)9-4-5-17(13(19)12(9)18)7-8-2-3-10(15)11(16)6-8/h2-3,6,9H,4-5,7H2,1H3. The number of methoxy groups -OCH3 is 1. The summed E-state index contributed by atoms with van der Waals surface area (Å²) in [5.41, 5.74) is 0.766. The van der Waals surface area contributed by atoms with E-state index in [0.717, 1.165) is 5.56 Å². The van der Waals surface area contributed by atoms with Crippen molar-refractivity contribution in [3.8, 4) is 0 Å². The molecule has 0 saturated carbocycles. The zero-order valence-electron chi connectivity index (χ0n) is 11.3. The first-order valence-electron chi connectivity index (χ1n) is 6.29. The molecule has 0 spiro atoms. The molecule has 0 bridgehead atoms. The maximum absolute atomic E-state index is 12.0. The third-order valence-corrected chi connectivity index (χ3v) is 4.08. The summed E-state index contributed by atoms with van der Waals surface area (Å²) in [5, 5.41) is 0.810. The van der Waals surface area contributed by atoms with Crippen molar-refractivity contribution in [2.75, 3.05) is 13.7 Å². The molecule has 0 N–H and O–H groups in total. The lowest BCUT2D eigenvalue weighted by Gasteiger charge is -2.29. The van der Waals surface area contributed by atoms with Gasteiger partial charge in [0, 0.05) is 13.1 Å². The minimum absolute atomic E-state index is 0.245. The van der Waals surface area contributed by atoms with E-state index in [0.29, 0.717) is 16.6 Å². The van der Waals surface area contributed by atoms with Crippen LogP contribution < -0.4 is 0 Å². The Morgan fingerprint density at radius 1 is 1.33 bits per heavy atom. The molecule has 1 atom stereocenters. The number of Topliss-reactive ketones (excluding diaryl/α,β-unsaturated/α-hetero) is 1. The van der Waals surface area contributed by atoms with Gasteiger partial charge in [0.2, 0.25) is 5.78 Å². The van der Waals surface area contributed by atoms with Crippen LogP contribution in [0.25, 0.3) is 0 Å². The number of ether oxygens (including phenoxy) is 1. The molecule has 1 amide bonds. The summed E-state index contributed by atoms with van der Waals surface area (Å²) in [6.07, 6.45) is 0.262. The van der Waals surface area contributed by atoms with Gasteiger partial charge in [-0.2, -0.15) is 0 Å². The average molecular weight is 330 g/mol. The SMILES string of the molecule is COC(=O)C1CCN(Cc2ccc(Cl)c(Cl)c2)C(=O)C1=O. The minimum Gasteiger partial charge on any atom is -0.468 e. The van der Waals surface area contributed by atoms with Crippen molar-refractivity contribution >= 4 is 40.9 Å². The van der Waals surface area contributed by atoms with Crippen LogP contribution in [-0.4, -0.2) is 36.2 Å². The van der Waals surface area contributed by atoms with Crippen LogP contribution in [-0.2, 0) is 25.7 Å². The number of nitrogens with zero attached hydrogens (tertiary/aromatic N) is 1. The molecular weight excluding hydrogens is 317 g/mol. The largest absolute Gasteiger partial charge is 0.468 e. The number of likely N-dealkylation sites (tertiary alicyclic amines) is 1. The van der Waals surface area contributed by atoms with Gasteiger partial charge in [0.25, 0.3) is 5.91 Å². The second-order valence-corrected chi connectivity index (χ2v) is 5.52. The summed E-state index contributed by atoms with van der Waals surface area (Å²) in [5.74, 6) is -3.06. The van der Waals surface area contributed by atoms with Crippen molar-refractivity contribution < 1.29 is 19.1 Å². The Kier molecular flexibility index (Phi) is 4.85. The fourth-order valence-corrected chi connectivity index (χ4v) is 2.52. The van der Waals surface area contributed by atoms with Gasteiger partial charge in [-0.1, -0.05) is 29.3 Å². The van der Waals surface area contributed by atoms with E-state index in [2.05, 4.69) is 4.74 Å². The highest BCUT2D eigenvalue weighted by atomic mass is 35.5. The molecule has 1 aromatic carbocycles. The predicted octanol–water partition coefficient (Wildman–Crippen LogP) is 2.08. The third kappa shape index (κ3) is 3.36. The summed E-state index contributed by atoms with van der Waals surface area (Å²) in [4.78, 5) is 36.7. The number of carbonyl (C=O) groups is 3. The van der Waals surface area contributed by atoms with Crippen LogP contribution in [0.2, 0.25) is 10.0 Å². The van der Waals surface area contributed by atoms with Gasteiger partial charge < -0.3 is 9.64 Å². The first-order chi connectivity index (χ1) is 9.93. The third-order valence-electron chi connectivity index (χ3n) is 3.35. The van der Waals surface area contributed by atoms with Crippen molar-refractivity contribution in [2.24, 2.45) is 5.92 Å². The van der Waals surface area contributed by atoms with Crippen molar-refractivity contribution in [1.29, 1.82) is 0 Å². The number of ketones is 1. The van der Waals surface area contributed by atoms with Gasteiger partial charge in [-0.05, 0) is 24.1 Å².